The molecule has 4 aromatic rings. The van der Waals surface area contributed by atoms with E-state index >= 15 is 0 Å². The van der Waals surface area contributed by atoms with E-state index in [0.29, 0.717) is 17.8 Å². The van der Waals surface area contributed by atoms with Gasteiger partial charge in [-0.1, -0.05) is 38.1 Å². The first-order valence-corrected chi connectivity index (χ1v) is 15.1. The van der Waals surface area contributed by atoms with Crippen LogP contribution in [0.25, 0.3) is 11.3 Å². The van der Waals surface area contributed by atoms with E-state index in [0.717, 1.165) is 21.0 Å². The Morgan fingerprint density at radius 1 is 1.10 bits per heavy atom. The number of aromatic nitrogens is 4. The lowest BCUT2D eigenvalue weighted by Crippen LogP contribution is -2.44. The van der Waals surface area contributed by atoms with E-state index in [1.807, 2.05) is 32.0 Å². The van der Waals surface area contributed by atoms with Crippen molar-refractivity contribution in [2.45, 2.75) is 45.1 Å². The Kier molecular flexibility index (Phi) is 8.28. The van der Waals surface area contributed by atoms with E-state index in [9.17, 15) is 13.2 Å². The van der Waals surface area contributed by atoms with Crippen molar-refractivity contribution in [3.8, 4) is 17.1 Å². The van der Waals surface area contributed by atoms with Crippen LogP contribution in [0.15, 0.2) is 65.8 Å². The maximum atomic E-state index is 14.1. The number of hydrogen-bond acceptors (Lipinski definition) is 8. The first-order valence-electron chi connectivity index (χ1n) is 13.6. The average Bonchev–Trinajstić information content (AvgIpc) is 3.48. The van der Waals surface area contributed by atoms with Gasteiger partial charge in [0.15, 0.2) is 0 Å². The predicted octanol–water partition coefficient (Wildman–Crippen LogP) is 4.74. The molecule has 220 valence electrons. The topological polar surface area (TPSA) is 131 Å². The van der Waals surface area contributed by atoms with Gasteiger partial charge in [0, 0.05) is 30.5 Å². The summed E-state index contributed by atoms with van der Waals surface area (Å²) in [5, 5.41) is 6.84. The van der Waals surface area contributed by atoms with E-state index in [2.05, 4.69) is 29.0 Å². The number of H-pyrrole nitrogens is 1. The zero-order chi connectivity index (χ0) is 30.0. The van der Waals surface area contributed by atoms with Crippen molar-refractivity contribution in [1.82, 2.24) is 20.2 Å². The average molecular weight is 591 g/mol. The van der Waals surface area contributed by atoms with Gasteiger partial charge in [-0.15, -0.1) is 0 Å². The van der Waals surface area contributed by atoms with Gasteiger partial charge in [0.2, 0.25) is 11.8 Å². The largest absolute Gasteiger partial charge is 0.475 e. The highest BCUT2D eigenvalue weighted by atomic mass is 32.2. The summed E-state index contributed by atoms with van der Waals surface area (Å²) in [6.07, 6.45) is 3.80. The van der Waals surface area contributed by atoms with Gasteiger partial charge < -0.3 is 9.47 Å². The number of amides is 1. The quantitative estimate of drug-likeness (QED) is 0.341. The lowest BCUT2D eigenvalue weighted by Gasteiger charge is -2.32. The van der Waals surface area contributed by atoms with Gasteiger partial charge in [-0.2, -0.15) is 10.1 Å². The monoisotopic (exact) mass is 590 g/mol. The van der Waals surface area contributed by atoms with Crippen molar-refractivity contribution >= 4 is 27.6 Å². The van der Waals surface area contributed by atoms with Crippen LogP contribution in [0, 0.1) is 19.8 Å². The van der Waals surface area contributed by atoms with Crippen molar-refractivity contribution in [2.75, 3.05) is 29.7 Å². The number of anilines is 2. The van der Waals surface area contributed by atoms with E-state index in [4.69, 9.17) is 14.5 Å². The molecule has 0 spiro atoms. The molecule has 3 heterocycles. The highest BCUT2D eigenvalue weighted by Crippen LogP contribution is 2.33. The highest BCUT2D eigenvalue weighted by molar-refractivity contribution is 7.92. The zero-order valence-corrected chi connectivity index (χ0v) is 25.1. The van der Waals surface area contributed by atoms with Crippen molar-refractivity contribution in [1.29, 1.82) is 0 Å². The third kappa shape index (κ3) is 5.72. The van der Waals surface area contributed by atoms with Crippen LogP contribution in [0.4, 0.5) is 11.6 Å². The molecule has 2 aromatic carbocycles. The second-order valence-electron chi connectivity index (χ2n) is 10.7. The number of carbonyl (C=O) groups is 1. The molecule has 1 atom stereocenters. The number of nitrogens with zero attached hydrogens (tertiary/aromatic N) is 5. The molecular weight excluding hydrogens is 556 g/mol. The molecule has 1 aliphatic heterocycles. The van der Waals surface area contributed by atoms with Crippen LogP contribution < -0.4 is 13.9 Å². The van der Waals surface area contributed by atoms with Crippen LogP contribution in [-0.2, 0) is 14.8 Å². The summed E-state index contributed by atoms with van der Waals surface area (Å²) in [4.78, 5) is 24.9. The summed E-state index contributed by atoms with van der Waals surface area (Å²) in [5.41, 5.74) is 4.03. The second-order valence-corrected chi connectivity index (χ2v) is 12.5. The molecule has 5 rings (SSSR count). The van der Waals surface area contributed by atoms with Crippen molar-refractivity contribution in [3.63, 3.8) is 0 Å². The number of nitrogens with one attached hydrogen (secondary N) is 1. The molecule has 1 N–H and O–H groups in total. The SMILES string of the molecule is COCN1c2nc(cc(-c3c(C)cccc3C)n2)OC[C@@H](CC(C)C)N(c2cn[nH]c2)C(=O)c2cccc(c2)S1(=O)=O. The second kappa shape index (κ2) is 11.9. The Labute approximate surface area is 245 Å². The van der Waals surface area contributed by atoms with Crippen LogP contribution in [0.2, 0.25) is 0 Å². The fraction of sp³-hybridized carbons (Fsp3) is 0.333. The summed E-state index contributed by atoms with van der Waals surface area (Å²) in [5.74, 6) is -0.0934. The van der Waals surface area contributed by atoms with Crippen LogP contribution >= 0.6 is 0 Å². The molecule has 12 heteroatoms. The van der Waals surface area contributed by atoms with Gasteiger partial charge in [-0.05, 0) is 55.5 Å². The van der Waals surface area contributed by atoms with E-state index < -0.39 is 16.1 Å². The Morgan fingerprint density at radius 2 is 1.83 bits per heavy atom. The Bertz CT molecular complexity index is 1670. The standard InChI is InChI=1S/C30H34N6O5S/c1-19(2)12-23-17-41-27-14-26(28-20(3)8-6-9-21(28)4)33-30(34-27)35(18-40-5)42(38,39)25-11-7-10-22(13-25)29(37)36(23)24-15-31-32-16-24/h6-11,13-16,19,23H,12,17-18H2,1-5H3,(H,31,32)/t23-/m1/s1. The normalized spacial score (nSPS) is 16.9. The van der Waals surface area contributed by atoms with Gasteiger partial charge >= 0.3 is 0 Å². The first-order chi connectivity index (χ1) is 20.1. The molecule has 0 saturated heterocycles. The smallest absolute Gasteiger partial charge is 0.268 e. The minimum absolute atomic E-state index is 0.0917. The number of benzene rings is 2. The minimum atomic E-state index is -4.27. The van der Waals surface area contributed by atoms with Crippen LogP contribution in [-0.4, -0.2) is 61.0 Å². The number of rotatable bonds is 6. The maximum Gasteiger partial charge on any atom is 0.268 e. The van der Waals surface area contributed by atoms with E-state index in [1.54, 1.807) is 35.5 Å². The van der Waals surface area contributed by atoms with Gasteiger partial charge in [0.05, 0.1) is 28.5 Å². The molecule has 0 saturated carbocycles. The number of aryl methyl sites for hydroxylation is 2. The van der Waals surface area contributed by atoms with Gasteiger partial charge in [0.1, 0.15) is 13.3 Å². The zero-order valence-electron chi connectivity index (χ0n) is 24.2. The number of ether oxygens (including phenoxy) is 2. The number of fused-ring (bicyclic) bond motifs is 4. The Balaban J connectivity index is 1.77. The van der Waals surface area contributed by atoms with Crippen molar-refractivity contribution in [2.24, 2.45) is 5.92 Å². The van der Waals surface area contributed by atoms with Crippen molar-refractivity contribution < 1.29 is 22.7 Å². The first kappa shape index (κ1) is 29.2. The molecule has 0 radical (unpaired) electrons. The number of carbonyl (C=O) groups excluding carboxylic acids is 1. The Hall–Kier alpha value is -4.29. The predicted molar refractivity (Wildman–Crippen MR) is 159 cm³/mol. The molecule has 0 aliphatic carbocycles. The summed E-state index contributed by atoms with van der Waals surface area (Å²) in [7, 11) is -2.88. The van der Waals surface area contributed by atoms with Crippen LogP contribution in [0.5, 0.6) is 5.88 Å². The Morgan fingerprint density at radius 3 is 2.50 bits per heavy atom. The van der Waals surface area contributed by atoms with Crippen molar-refractivity contribution in [3.05, 3.63) is 77.6 Å². The molecular formula is C30H34N6O5S. The van der Waals surface area contributed by atoms with E-state index in [1.165, 1.54) is 19.2 Å². The van der Waals surface area contributed by atoms with Gasteiger partial charge in [0.25, 0.3) is 15.9 Å². The van der Waals surface area contributed by atoms with Crippen LogP contribution in [0.3, 0.4) is 0 Å². The molecule has 0 fully saturated rings. The lowest BCUT2D eigenvalue weighted by atomic mass is 10.00. The molecule has 0 unspecified atom stereocenters. The number of aromatic amines is 1. The summed E-state index contributed by atoms with van der Waals surface area (Å²) in [6.45, 7) is 7.81. The molecule has 1 aliphatic rings. The summed E-state index contributed by atoms with van der Waals surface area (Å²) in [6, 6.07) is 13.1. The molecule has 42 heavy (non-hydrogen) atoms. The van der Waals surface area contributed by atoms with Gasteiger partial charge in [-0.3, -0.25) is 14.8 Å². The molecule has 4 bridgehead atoms. The fourth-order valence-corrected chi connectivity index (χ4v) is 6.52. The third-order valence-electron chi connectivity index (χ3n) is 7.08. The summed E-state index contributed by atoms with van der Waals surface area (Å²) >= 11 is 0. The maximum absolute atomic E-state index is 14.1. The minimum Gasteiger partial charge on any atom is -0.475 e. The van der Waals surface area contributed by atoms with Gasteiger partial charge in [-0.25, -0.2) is 17.7 Å². The fourth-order valence-electron chi connectivity index (χ4n) is 5.20. The number of sulfonamides is 1. The highest BCUT2D eigenvalue weighted by Gasteiger charge is 2.33. The number of hydrogen-bond donors (Lipinski definition) is 1. The van der Waals surface area contributed by atoms with E-state index in [-0.39, 0.29) is 47.5 Å². The third-order valence-corrected chi connectivity index (χ3v) is 8.78. The van der Waals surface area contributed by atoms with Crippen LogP contribution in [0.1, 0.15) is 41.8 Å². The molecule has 1 amide bonds. The lowest BCUT2D eigenvalue weighted by molar-refractivity contribution is 0.0961. The molecule has 11 nitrogen and oxygen atoms in total. The molecule has 2 aromatic heterocycles. The number of methoxy groups -OCH3 is 1. The summed E-state index contributed by atoms with van der Waals surface area (Å²) < 4.78 is 40.8.